The van der Waals surface area contributed by atoms with E-state index in [1.165, 1.54) is 3.20 Å². The zero-order valence-corrected chi connectivity index (χ0v) is 11.1. The van der Waals surface area contributed by atoms with Crippen molar-refractivity contribution < 1.29 is 4.79 Å². The number of hydrogen-bond donors (Lipinski definition) is 0. The van der Waals surface area contributed by atoms with E-state index < -0.39 is 8.07 Å². The van der Waals surface area contributed by atoms with Crippen LogP contribution >= 0.6 is 22.6 Å². The molecule has 0 heterocycles. The van der Waals surface area contributed by atoms with Crippen molar-refractivity contribution in [2.45, 2.75) is 38.9 Å². The van der Waals surface area contributed by atoms with Gasteiger partial charge in [-0.15, -0.1) is 0 Å². The van der Waals surface area contributed by atoms with Crippen LogP contribution in [0.2, 0.25) is 19.6 Å². The van der Waals surface area contributed by atoms with E-state index in [1.807, 2.05) is 0 Å². The molecule has 0 aromatic carbocycles. The topological polar surface area (TPSA) is 17.1 Å². The molecule has 12 heavy (non-hydrogen) atoms. The van der Waals surface area contributed by atoms with E-state index in [1.54, 1.807) is 0 Å². The molecular formula is C9H15IOSi. The summed E-state index contributed by atoms with van der Waals surface area (Å²) in [6, 6.07) is 0. The van der Waals surface area contributed by atoms with Gasteiger partial charge in [0.05, 0.1) is 8.07 Å². The number of halogens is 1. The van der Waals surface area contributed by atoms with Crippen LogP contribution in [0.4, 0.5) is 0 Å². The molecule has 3 heteroatoms. The summed E-state index contributed by atoms with van der Waals surface area (Å²) < 4.78 is 1.39. The maximum absolute atomic E-state index is 11.4. The Kier molecular flexibility index (Phi) is 3.14. The fourth-order valence-electron chi connectivity index (χ4n) is 1.40. The highest BCUT2D eigenvalue weighted by molar-refractivity contribution is 14.1. The Morgan fingerprint density at radius 3 is 2.25 bits per heavy atom. The van der Waals surface area contributed by atoms with Crippen molar-refractivity contribution in [1.82, 2.24) is 0 Å². The Balaban J connectivity index is 2.97. The van der Waals surface area contributed by atoms with E-state index in [2.05, 4.69) is 42.2 Å². The van der Waals surface area contributed by atoms with Gasteiger partial charge in [0.1, 0.15) is 0 Å². The van der Waals surface area contributed by atoms with Crippen molar-refractivity contribution >= 4 is 36.4 Å². The molecule has 0 spiro atoms. The summed E-state index contributed by atoms with van der Waals surface area (Å²) in [4.78, 5) is 11.4. The zero-order valence-electron chi connectivity index (χ0n) is 7.91. The average molecular weight is 294 g/mol. The molecule has 0 radical (unpaired) electrons. The third kappa shape index (κ3) is 2.19. The minimum atomic E-state index is -1.22. The minimum absolute atomic E-state index is 0.404. The van der Waals surface area contributed by atoms with E-state index in [-0.39, 0.29) is 0 Å². The molecule has 0 N–H and O–H groups in total. The monoisotopic (exact) mass is 294 g/mol. The van der Waals surface area contributed by atoms with Crippen molar-refractivity contribution in [2.24, 2.45) is 0 Å². The van der Waals surface area contributed by atoms with E-state index >= 15 is 0 Å². The summed E-state index contributed by atoms with van der Waals surface area (Å²) in [5.41, 5.74) is 1.15. The quantitative estimate of drug-likeness (QED) is 0.412. The lowest BCUT2D eigenvalue weighted by atomic mass is 10.2. The Morgan fingerprint density at radius 1 is 1.33 bits per heavy atom. The summed E-state index contributed by atoms with van der Waals surface area (Å²) in [6.07, 6.45) is 2.89. The van der Waals surface area contributed by atoms with Gasteiger partial charge in [-0.3, -0.25) is 4.79 Å². The third-order valence-electron chi connectivity index (χ3n) is 2.09. The highest BCUT2D eigenvalue weighted by Gasteiger charge is 2.27. The molecule has 1 aliphatic rings. The molecule has 0 atom stereocenters. The van der Waals surface area contributed by atoms with Gasteiger partial charge in [0.2, 0.25) is 0 Å². The molecule has 0 aromatic heterocycles. The molecule has 1 fully saturated rings. The molecule has 0 saturated heterocycles. The molecule has 0 amide bonds. The first-order valence-electron chi connectivity index (χ1n) is 4.35. The lowest BCUT2D eigenvalue weighted by Gasteiger charge is -2.17. The largest absolute Gasteiger partial charge is 0.295 e. The van der Waals surface area contributed by atoms with E-state index in [0.29, 0.717) is 5.78 Å². The third-order valence-corrected chi connectivity index (χ3v) is 9.21. The first-order valence-corrected chi connectivity index (χ1v) is 8.93. The fourth-order valence-corrected chi connectivity index (χ4v) is 3.14. The second kappa shape index (κ2) is 3.62. The van der Waals surface area contributed by atoms with Crippen molar-refractivity contribution in [1.29, 1.82) is 0 Å². The predicted octanol–water partition coefficient (Wildman–Crippen LogP) is 3.31. The van der Waals surface area contributed by atoms with Crippen molar-refractivity contribution in [2.75, 3.05) is 0 Å². The number of ketones is 1. The van der Waals surface area contributed by atoms with Crippen LogP contribution in [-0.2, 0) is 4.79 Å². The van der Waals surface area contributed by atoms with Gasteiger partial charge in [0, 0.05) is 12.0 Å². The Hall–Kier alpha value is 0.357. The van der Waals surface area contributed by atoms with Crippen LogP contribution in [0.1, 0.15) is 19.3 Å². The normalized spacial score (nSPS) is 23.2. The predicted molar refractivity (Wildman–Crippen MR) is 63.3 cm³/mol. The van der Waals surface area contributed by atoms with Crippen molar-refractivity contribution in [3.05, 3.63) is 8.78 Å². The summed E-state index contributed by atoms with van der Waals surface area (Å²) in [6.45, 7) is 6.90. The lowest BCUT2D eigenvalue weighted by molar-refractivity contribution is -0.114. The molecule has 1 rings (SSSR count). The Morgan fingerprint density at radius 2 is 1.92 bits per heavy atom. The van der Waals surface area contributed by atoms with Gasteiger partial charge in [-0.05, 0) is 16.0 Å². The van der Waals surface area contributed by atoms with Crippen LogP contribution in [0.25, 0.3) is 0 Å². The van der Waals surface area contributed by atoms with Crippen LogP contribution in [0.3, 0.4) is 0 Å². The first kappa shape index (κ1) is 10.4. The smallest absolute Gasteiger partial charge is 0.159 e. The molecule has 0 unspecified atom stereocenters. The molecule has 1 saturated carbocycles. The molecular weight excluding hydrogens is 279 g/mol. The second-order valence-electron chi connectivity index (χ2n) is 4.32. The van der Waals surface area contributed by atoms with Gasteiger partial charge >= 0.3 is 0 Å². The standard InChI is InChI=1S/C9H15IOSi/c1-12(2,3)9(10)7-5-4-6-8(7)11/h4-6H2,1-3H3/b9-7+. The number of carbonyl (C=O) groups excluding carboxylic acids is 1. The maximum Gasteiger partial charge on any atom is 0.159 e. The van der Waals surface area contributed by atoms with Crippen molar-refractivity contribution in [3.63, 3.8) is 0 Å². The summed E-state index contributed by atoms with van der Waals surface area (Å²) >= 11 is 2.39. The Labute approximate surface area is 88.8 Å². The number of carbonyl (C=O) groups is 1. The molecule has 68 valence electrons. The average Bonchev–Trinajstić information content (AvgIpc) is 2.31. The van der Waals surface area contributed by atoms with Crippen LogP contribution in [-0.4, -0.2) is 13.9 Å². The second-order valence-corrected chi connectivity index (χ2v) is 11.4. The molecule has 0 aliphatic heterocycles. The highest BCUT2D eigenvalue weighted by Crippen LogP contribution is 2.32. The van der Waals surface area contributed by atoms with Crippen molar-refractivity contribution in [3.8, 4) is 0 Å². The van der Waals surface area contributed by atoms with E-state index in [9.17, 15) is 4.79 Å². The Bertz CT molecular complexity index is 237. The van der Waals surface area contributed by atoms with Crippen LogP contribution in [0.15, 0.2) is 8.78 Å². The van der Waals surface area contributed by atoms with E-state index in [0.717, 1.165) is 24.8 Å². The summed E-state index contributed by atoms with van der Waals surface area (Å²) in [7, 11) is -1.22. The number of hydrogen-bond acceptors (Lipinski definition) is 1. The molecule has 1 nitrogen and oxygen atoms in total. The SMILES string of the molecule is C[Si](C)(C)/C(I)=C1\CCCC1=O. The first-order chi connectivity index (χ1) is 5.43. The molecule has 0 aromatic rings. The van der Waals surface area contributed by atoms with E-state index in [4.69, 9.17) is 0 Å². The minimum Gasteiger partial charge on any atom is -0.295 e. The highest BCUT2D eigenvalue weighted by atomic mass is 127. The van der Waals surface area contributed by atoms with Crippen LogP contribution < -0.4 is 0 Å². The van der Waals surface area contributed by atoms with Gasteiger partial charge < -0.3 is 0 Å². The number of allylic oxidation sites excluding steroid dienone is 1. The van der Waals surface area contributed by atoms with Gasteiger partial charge in [-0.25, -0.2) is 0 Å². The maximum atomic E-state index is 11.4. The fraction of sp³-hybridized carbons (Fsp3) is 0.667. The van der Waals surface area contributed by atoms with Gasteiger partial charge in [-0.2, -0.15) is 0 Å². The summed E-state index contributed by atoms with van der Waals surface area (Å²) in [5.74, 6) is 0.404. The zero-order chi connectivity index (χ0) is 9.35. The molecule has 1 aliphatic carbocycles. The number of Topliss-reactive ketones (excluding diaryl/α,β-unsaturated/α-hetero) is 1. The van der Waals surface area contributed by atoms with Crippen LogP contribution in [0, 0.1) is 0 Å². The van der Waals surface area contributed by atoms with Gasteiger partial charge in [0.25, 0.3) is 0 Å². The van der Waals surface area contributed by atoms with Gasteiger partial charge in [-0.1, -0.05) is 42.2 Å². The molecule has 0 bridgehead atoms. The summed E-state index contributed by atoms with van der Waals surface area (Å²) in [5, 5.41) is 0. The number of rotatable bonds is 1. The van der Waals surface area contributed by atoms with Gasteiger partial charge in [0.15, 0.2) is 5.78 Å². The van der Waals surface area contributed by atoms with Crippen LogP contribution in [0.5, 0.6) is 0 Å². The lowest BCUT2D eigenvalue weighted by Crippen LogP contribution is -2.22.